The monoisotopic (exact) mass is 359 g/mol. The molecule has 0 aromatic heterocycles. The van der Waals surface area contributed by atoms with Gasteiger partial charge in [-0.15, -0.1) is 0 Å². The van der Waals surface area contributed by atoms with E-state index in [1.54, 1.807) is 0 Å². The van der Waals surface area contributed by atoms with Crippen LogP contribution in [0.1, 0.15) is 31.4 Å². The van der Waals surface area contributed by atoms with E-state index < -0.39 is 0 Å². The Kier molecular flexibility index (Phi) is 6.14. The van der Waals surface area contributed by atoms with Crippen molar-refractivity contribution in [1.29, 1.82) is 0 Å². The highest BCUT2D eigenvalue weighted by molar-refractivity contribution is 5.79. The summed E-state index contributed by atoms with van der Waals surface area (Å²) >= 11 is 0. The molecule has 1 fully saturated rings. The van der Waals surface area contributed by atoms with E-state index in [-0.39, 0.29) is 24.5 Å². The number of ether oxygens (including phenoxy) is 1. The van der Waals surface area contributed by atoms with Crippen molar-refractivity contribution in [3.8, 4) is 5.75 Å². The molecule has 3 rings (SSSR count). The average Bonchev–Trinajstić information content (AvgIpc) is 3.07. The molecule has 26 heavy (non-hydrogen) atoms. The van der Waals surface area contributed by atoms with Crippen molar-refractivity contribution in [3.63, 3.8) is 0 Å². The molecule has 2 amide bonds. The maximum Gasteiger partial charge on any atom is 0.260 e. The van der Waals surface area contributed by atoms with E-state index >= 15 is 0 Å². The summed E-state index contributed by atoms with van der Waals surface area (Å²) < 4.78 is 5.71. The molecule has 0 saturated carbocycles. The summed E-state index contributed by atoms with van der Waals surface area (Å²) in [7, 11) is 0. The predicted octanol–water partition coefficient (Wildman–Crippen LogP) is 1.22. The van der Waals surface area contributed by atoms with Gasteiger partial charge in [0.2, 0.25) is 5.91 Å². The van der Waals surface area contributed by atoms with Gasteiger partial charge in [-0.05, 0) is 56.4 Å². The van der Waals surface area contributed by atoms with Gasteiger partial charge in [0.25, 0.3) is 5.91 Å². The van der Waals surface area contributed by atoms with Gasteiger partial charge in [-0.2, -0.15) is 0 Å². The van der Waals surface area contributed by atoms with Crippen LogP contribution in [0.25, 0.3) is 0 Å². The van der Waals surface area contributed by atoms with Crippen LogP contribution in [0.5, 0.6) is 5.75 Å². The minimum Gasteiger partial charge on any atom is -0.484 e. The molecule has 1 saturated heterocycles. The Balaban J connectivity index is 1.40. The summed E-state index contributed by atoms with van der Waals surface area (Å²) in [5.41, 5.74) is 2.75. The number of rotatable bonds is 6. The molecule has 0 spiro atoms. The Hall–Kier alpha value is -2.08. The first-order chi connectivity index (χ1) is 12.5. The van der Waals surface area contributed by atoms with Crippen LogP contribution < -0.4 is 10.1 Å². The summed E-state index contributed by atoms with van der Waals surface area (Å²) in [6, 6.07) is 6.30. The number of hydrogen-bond acceptors (Lipinski definition) is 4. The van der Waals surface area contributed by atoms with Gasteiger partial charge in [0, 0.05) is 32.2 Å². The largest absolute Gasteiger partial charge is 0.484 e. The van der Waals surface area contributed by atoms with E-state index in [2.05, 4.69) is 22.3 Å². The van der Waals surface area contributed by atoms with Crippen molar-refractivity contribution in [2.45, 2.75) is 39.2 Å². The van der Waals surface area contributed by atoms with Crippen LogP contribution in [0.15, 0.2) is 18.2 Å². The third-order valence-electron chi connectivity index (χ3n) is 4.97. The molecule has 142 valence electrons. The molecular formula is C20H29N3O3. The zero-order chi connectivity index (χ0) is 18.5. The fraction of sp³-hybridized carbons (Fsp3) is 0.600. The lowest BCUT2D eigenvalue weighted by atomic mass is 10.1. The number of nitrogens with zero attached hydrogens (tertiary/aromatic N) is 2. The average molecular weight is 359 g/mol. The van der Waals surface area contributed by atoms with Crippen molar-refractivity contribution in [3.05, 3.63) is 29.3 Å². The highest BCUT2D eigenvalue weighted by Crippen LogP contribution is 2.26. The Bertz CT molecular complexity index is 652. The smallest absolute Gasteiger partial charge is 0.260 e. The molecule has 6 nitrogen and oxygen atoms in total. The van der Waals surface area contributed by atoms with Crippen LogP contribution >= 0.6 is 0 Å². The van der Waals surface area contributed by atoms with Gasteiger partial charge in [0.1, 0.15) is 5.75 Å². The first-order valence-electron chi connectivity index (χ1n) is 9.55. The fourth-order valence-corrected chi connectivity index (χ4v) is 3.60. The van der Waals surface area contributed by atoms with Gasteiger partial charge < -0.3 is 15.0 Å². The summed E-state index contributed by atoms with van der Waals surface area (Å²) in [5.74, 6) is 0.833. The Labute approximate surface area is 155 Å². The lowest BCUT2D eigenvalue weighted by Crippen LogP contribution is -2.52. The standard InChI is InChI=1S/C20H29N3O3/c1-15(2)21-19(24)13-22-8-10-23(11-9-22)20(25)14-26-18-7-6-16-4-3-5-17(16)12-18/h6-7,12,15H,3-5,8-11,13-14H2,1-2H3,(H,21,24). The van der Waals surface area contributed by atoms with Crippen molar-refractivity contribution in [2.75, 3.05) is 39.3 Å². The van der Waals surface area contributed by atoms with E-state index in [1.807, 2.05) is 24.8 Å². The minimum absolute atomic E-state index is 0.0109. The Morgan fingerprint density at radius 3 is 2.58 bits per heavy atom. The minimum atomic E-state index is 0.0109. The van der Waals surface area contributed by atoms with Crippen LogP contribution in [-0.4, -0.2) is 67.0 Å². The molecule has 1 N–H and O–H groups in total. The van der Waals surface area contributed by atoms with Crippen molar-refractivity contribution in [2.24, 2.45) is 0 Å². The van der Waals surface area contributed by atoms with Crippen LogP contribution in [0.2, 0.25) is 0 Å². The van der Waals surface area contributed by atoms with Gasteiger partial charge >= 0.3 is 0 Å². The number of piperazine rings is 1. The van der Waals surface area contributed by atoms with Gasteiger partial charge in [-0.25, -0.2) is 0 Å². The number of aryl methyl sites for hydroxylation is 2. The highest BCUT2D eigenvalue weighted by atomic mass is 16.5. The number of carbonyl (C=O) groups excluding carboxylic acids is 2. The summed E-state index contributed by atoms with van der Waals surface area (Å²) in [4.78, 5) is 28.1. The number of hydrogen-bond donors (Lipinski definition) is 1. The number of carbonyl (C=O) groups is 2. The number of amides is 2. The molecule has 1 aliphatic carbocycles. The highest BCUT2D eigenvalue weighted by Gasteiger charge is 2.23. The van der Waals surface area contributed by atoms with Gasteiger partial charge in [0.15, 0.2) is 6.61 Å². The third kappa shape index (κ3) is 4.97. The lowest BCUT2D eigenvalue weighted by molar-refractivity contribution is -0.135. The van der Waals surface area contributed by atoms with Gasteiger partial charge in [-0.3, -0.25) is 14.5 Å². The number of nitrogens with one attached hydrogen (secondary N) is 1. The topological polar surface area (TPSA) is 61.9 Å². The van der Waals surface area contributed by atoms with Crippen molar-refractivity contribution in [1.82, 2.24) is 15.1 Å². The van der Waals surface area contributed by atoms with Crippen LogP contribution in [0.4, 0.5) is 0 Å². The van der Waals surface area contributed by atoms with E-state index in [4.69, 9.17) is 4.74 Å². The van der Waals surface area contributed by atoms with E-state index in [9.17, 15) is 9.59 Å². The second kappa shape index (κ2) is 8.54. The number of benzene rings is 1. The molecule has 1 aromatic rings. The predicted molar refractivity (Wildman–Crippen MR) is 100 cm³/mol. The second-order valence-electron chi connectivity index (χ2n) is 7.45. The molecule has 1 aromatic carbocycles. The zero-order valence-corrected chi connectivity index (χ0v) is 15.8. The SMILES string of the molecule is CC(C)NC(=O)CN1CCN(C(=O)COc2ccc3c(c2)CCC3)CC1. The van der Waals surface area contributed by atoms with Crippen LogP contribution in [0, 0.1) is 0 Å². The Morgan fingerprint density at radius 1 is 1.12 bits per heavy atom. The Morgan fingerprint density at radius 2 is 1.85 bits per heavy atom. The molecule has 0 radical (unpaired) electrons. The molecule has 2 aliphatic rings. The summed E-state index contributed by atoms with van der Waals surface area (Å²) in [5, 5.41) is 2.90. The van der Waals surface area contributed by atoms with E-state index in [0.717, 1.165) is 31.7 Å². The maximum absolute atomic E-state index is 12.4. The maximum atomic E-state index is 12.4. The first kappa shape index (κ1) is 18.7. The molecule has 0 unspecified atom stereocenters. The molecule has 0 atom stereocenters. The van der Waals surface area contributed by atoms with Gasteiger partial charge in [0.05, 0.1) is 6.54 Å². The second-order valence-corrected chi connectivity index (χ2v) is 7.45. The molecule has 0 bridgehead atoms. The third-order valence-corrected chi connectivity index (χ3v) is 4.97. The van der Waals surface area contributed by atoms with E-state index in [1.165, 1.54) is 17.5 Å². The molecular weight excluding hydrogens is 330 g/mol. The van der Waals surface area contributed by atoms with Crippen molar-refractivity contribution < 1.29 is 14.3 Å². The fourth-order valence-electron chi connectivity index (χ4n) is 3.60. The van der Waals surface area contributed by atoms with Crippen LogP contribution in [-0.2, 0) is 22.4 Å². The quantitative estimate of drug-likeness (QED) is 0.830. The van der Waals surface area contributed by atoms with E-state index in [0.29, 0.717) is 19.6 Å². The molecule has 6 heteroatoms. The first-order valence-corrected chi connectivity index (χ1v) is 9.55. The zero-order valence-electron chi connectivity index (χ0n) is 15.8. The normalized spacial score (nSPS) is 17.3. The molecule has 1 heterocycles. The molecule has 1 aliphatic heterocycles. The summed E-state index contributed by atoms with van der Waals surface area (Å²) in [6.45, 7) is 7.10. The van der Waals surface area contributed by atoms with Crippen molar-refractivity contribution >= 4 is 11.8 Å². The number of fused-ring (bicyclic) bond motifs is 1. The lowest BCUT2D eigenvalue weighted by Gasteiger charge is -2.34. The van der Waals surface area contributed by atoms with Gasteiger partial charge in [-0.1, -0.05) is 6.07 Å². The summed E-state index contributed by atoms with van der Waals surface area (Å²) in [6.07, 6.45) is 3.46. The van der Waals surface area contributed by atoms with Crippen LogP contribution in [0.3, 0.4) is 0 Å².